The summed E-state index contributed by atoms with van der Waals surface area (Å²) in [6.07, 6.45) is 0. The smallest absolute Gasteiger partial charge is 0.0547 e. The first kappa shape index (κ1) is 32.0. The van der Waals surface area contributed by atoms with Crippen LogP contribution in [-0.4, -0.2) is 9.13 Å². The molecule has 2 heteroatoms. The molecule has 9 aromatic carbocycles. The van der Waals surface area contributed by atoms with Crippen LogP contribution in [-0.2, 0) is 0 Å². The normalized spacial score (nSPS) is 11.6. The Morgan fingerprint density at radius 1 is 0.232 bits per heavy atom. The second kappa shape index (κ2) is 13.2. The standard InChI is InChI=1S/C54H36N2/c1-3-16-37(17-4-1)39-20-13-22-42(34-39)55-51-30-12-10-27-49(51)54-48(28-15-31-52(54)55)45-25-8-7-24-44(45)41-32-33-47-46-26-9-11-29-50(46)56(53(47)36-41)43-23-14-21-40(35-43)38-18-5-2-6-19-38/h1-36H. The largest absolute Gasteiger partial charge is 0.309 e. The van der Waals surface area contributed by atoms with Crippen molar-refractivity contribution in [1.82, 2.24) is 9.13 Å². The van der Waals surface area contributed by atoms with Gasteiger partial charge in [0.15, 0.2) is 0 Å². The highest BCUT2D eigenvalue weighted by Crippen LogP contribution is 2.43. The van der Waals surface area contributed by atoms with Crippen LogP contribution in [0.3, 0.4) is 0 Å². The summed E-state index contributed by atoms with van der Waals surface area (Å²) >= 11 is 0. The third-order valence-electron chi connectivity index (χ3n) is 11.3. The molecule has 11 rings (SSSR count). The summed E-state index contributed by atoms with van der Waals surface area (Å²) in [4.78, 5) is 0. The Morgan fingerprint density at radius 2 is 0.696 bits per heavy atom. The highest BCUT2D eigenvalue weighted by Gasteiger charge is 2.20. The number of fused-ring (bicyclic) bond motifs is 6. The van der Waals surface area contributed by atoms with E-state index in [0.29, 0.717) is 0 Å². The van der Waals surface area contributed by atoms with Crippen molar-refractivity contribution in [2.45, 2.75) is 0 Å². The number of nitrogens with zero attached hydrogens (tertiary/aromatic N) is 2. The van der Waals surface area contributed by atoms with Gasteiger partial charge < -0.3 is 9.13 Å². The van der Waals surface area contributed by atoms with Gasteiger partial charge in [0.25, 0.3) is 0 Å². The molecule has 0 spiro atoms. The molecule has 0 radical (unpaired) electrons. The van der Waals surface area contributed by atoms with Crippen LogP contribution in [0, 0.1) is 0 Å². The van der Waals surface area contributed by atoms with E-state index in [1.165, 1.54) is 88.1 Å². The fraction of sp³-hybridized carbons (Fsp3) is 0. The molecule has 0 unspecified atom stereocenters. The van der Waals surface area contributed by atoms with Crippen LogP contribution in [0.2, 0.25) is 0 Å². The van der Waals surface area contributed by atoms with Gasteiger partial charge in [0.2, 0.25) is 0 Å². The average molecular weight is 713 g/mol. The Kier molecular flexibility index (Phi) is 7.53. The summed E-state index contributed by atoms with van der Waals surface area (Å²) < 4.78 is 4.86. The van der Waals surface area contributed by atoms with Crippen molar-refractivity contribution in [2.24, 2.45) is 0 Å². The molecule has 0 fully saturated rings. The maximum absolute atomic E-state index is 2.43. The molecule has 262 valence electrons. The number of para-hydroxylation sites is 2. The predicted octanol–water partition coefficient (Wildman–Crippen LogP) is 14.5. The van der Waals surface area contributed by atoms with E-state index in [9.17, 15) is 0 Å². The quantitative estimate of drug-likeness (QED) is 0.162. The topological polar surface area (TPSA) is 9.86 Å². The molecule has 0 aliphatic heterocycles. The van der Waals surface area contributed by atoms with Gasteiger partial charge in [-0.3, -0.25) is 0 Å². The first-order chi connectivity index (χ1) is 27.8. The average Bonchev–Trinajstić information content (AvgIpc) is 3.80. The predicted molar refractivity (Wildman–Crippen MR) is 237 cm³/mol. The highest BCUT2D eigenvalue weighted by atomic mass is 15.0. The molecular formula is C54H36N2. The summed E-state index contributed by atoms with van der Waals surface area (Å²) in [5.74, 6) is 0. The van der Waals surface area contributed by atoms with Gasteiger partial charge in [-0.25, -0.2) is 0 Å². The molecule has 2 aromatic heterocycles. The summed E-state index contributed by atoms with van der Waals surface area (Å²) in [7, 11) is 0. The molecule has 0 N–H and O–H groups in total. The Balaban J connectivity index is 1.11. The van der Waals surface area contributed by atoms with Crippen molar-refractivity contribution in [3.63, 3.8) is 0 Å². The first-order valence-corrected chi connectivity index (χ1v) is 19.3. The SMILES string of the molecule is c1ccc(-c2cccc(-n3c4ccccc4c4ccc(-c5ccccc5-c5cccc6c5c5ccccc5n6-c5cccc(-c6ccccc6)c5)cc43)c2)cc1. The highest BCUT2D eigenvalue weighted by molar-refractivity contribution is 6.17. The van der Waals surface area contributed by atoms with Crippen molar-refractivity contribution in [3.05, 3.63) is 218 Å². The Labute approximate surface area is 325 Å². The lowest BCUT2D eigenvalue weighted by Crippen LogP contribution is -1.95. The van der Waals surface area contributed by atoms with Gasteiger partial charge in [-0.15, -0.1) is 0 Å². The minimum absolute atomic E-state index is 1.15. The van der Waals surface area contributed by atoms with Crippen LogP contribution >= 0.6 is 0 Å². The van der Waals surface area contributed by atoms with E-state index in [1.807, 2.05) is 0 Å². The fourth-order valence-electron chi connectivity index (χ4n) is 8.82. The molecule has 56 heavy (non-hydrogen) atoms. The van der Waals surface area contributed by atoms with E-state index in [0.717, 1.165) is 11.4 Å². The minimum Gasteiger partial charge on any atom is -0.309 e. The van der Waals surface area contributed by atoms with Crippen molar-refractivity contribution in [3.8, 4) is 55.9 Å². The zero-order valence-corrected chi connectivity index (χ0v) is 30.7. The molecule has 0 aliphatic carbocycles. The number of rotatable bonds is 6. The monoisotopic (exact) mass is 712 g/mol. The number of hydrogen-bond acceptors (Lipinski definition) is 0. The second-order valence-corrected chi connectivity index (χ2v) is 14.5. The molecule has 0 saturated heterocycles. The van der Waals surface area contributed by atoms with Crippen LogP contribution < -0.4 is 0 Å². The number of hydrogen-bond donors (Lipinski definition) is 0. The summed E-state index contributed by atoms with van der Waals surface area (Å²) in [5.41, 5.74) is 16.7. The van der Waals surface area contributed by atoms with E-state index in [2.05, 4.69) is 228 Å². The van der Waals surface area contributed by atoms with Gasteiger partial charge in [0, 0.05) is 32.9 Å². The summed E-state index contributed by atoms with van der Waals surface area (Å²) in [6, 6.07) is 79.4. The molecule has 0 saturated carbocycles. The summed E-state index contributed by atoms with van der Waals surface area (Å²) in [6.45, 7) is 0. The number of benzene rings is 9. The van der Waals surface area contributed by atoms with E-state index in [4.69, 9.17) is 0 Å². The molecule has 0 aliphatic rings. The van der Waals surface area contributed by atoms with Gasteiger partial charge in [-0.05, 0) is 93.0 Å². The molecule has 11 aromatic rings. The van der Waals surface area contributed by atoms with E-state index in [1.54, 1.807) is 0 Å². The van der Waals surface area contributed by atoms with Crippen molar-refractivity contribution < 1.29 is 0 Å². The molecule has 2 heterocycles. The van der Waals surface area contributed by atoms with E-state index in [-0.39, 0.29) is 0 Å². The number of aromatic nitrogens is 2. The Bertz CT molecular complexity index is 3240. The van der Waals surface area contributed by atoms with Crippen LogP contribution in [0.5, 0.6) is 0 Å². The molecule has 0 atom stereocenters. The fourth-order valence-corrected chi connectivity index (χ4v) is 8.82. The van der Waals surface area contributed by atoms with Crippen LogP contribution in [0.25, 0.3) is 99.5 Å². The lowest BCUT2D eigenvalue weighted by atomic mass is 9.91. The molecular weight excluding hydrogens is 677 g/mol. The van der Waals surface area contributed by atoms with E-state index < -0.39 is 0 Å². The van der Waals surface area contributed by atoms with Gasteiger partial charge in [-0.2, -0.15) is 0 Å². The molecule has 2 nitrogen and oxygen atoms in total. The molecule has 0 bridgehead atoms. The van der Waals surface area contributed by atoms with Gasteiger partial charge >= 0.3 is 0 Å². The Hall–Kier alpha value is -7.42. The second-order valence-electron chi connectivity index (χ2n) is 14.5. The zero-order chi connectivity index (χ0) is 37.0. The lowest BCUT2D eigenvalue weighted by Gasteiger charge is -2.14. The van der Waals surface area contributed by atoms with Crippen LogP contribution in [0.4, 0.5) is 0 Å². The van der Waals surface area contributed by atoms with Crippen molar-refractivity contribution >= 4 is 43.6 Å². The van der Waals surface area contributed by atoms with Gasteiger partial charge in [0.1, 0.15) is 0 Å². The van der Waals surface area contributed by atoms with Gasteiger partial charge in [0.05, 0.1) is 22.1 Å². The van der Waals surface area contributed by atoms with Crippen molar-refractivity contribution in [1.29, 1.82) is 0 Å². The molecule has 0 amide bonds. The lowest BCUT2D eigenvalue weighted by molar-refractivity contribution is 1.18. The van der Waals surface area contributed by atoms with Gasteiger partial charge in [-0.1, -0.05) is 170 Å². The maximum atomic E-state index is 2.43. The van der Waals surface area contributed by atoms with Crippen LogP contribution in [0.15, 0.2) is 218 Å². The maximum Gasteiger partial charge on any atom is 0.0547 e. The third kappa shape index (κ3) is 5.19. The third-order valence-corrected chi connectivity index (χ3v) is 11.3. The zero-order valence-electron chi connectivity index (χ0n) is 30.7. The van der Waals surface area contributed by atoms with Crippen LogP contribution in [0.1, 0.15) is 0 Å². The minimum atomic E-state index is 1.15. The van der Waals surface area contributed by atoms with E-state index >= 15 is 0 Å². The van der Waals surface area contributed by atoms with Crippen molar-refractivity contribution in [2.75, 3.05) is 0 Å². The Morgan fingerprint density at radius 3 is 1.38 bits per heavy atom. The first-order valence-electron chi connectivity index (χ1n) is 19.3. The summed E-state index contributed by atoms with van der Waals surface area (Å²) in [5, 5.41) is 5.00.